The number of sulfone groups is 1. The van der Waals surface area contributed by atoms with Crippen LogP contribution in [0.2, 0.25) is 5.02 Å². The molecule has 1 aliphatic rings. The van der Waals surface area contributed by atoms with Crippen LogP contribution in [0.25, 0.3) is 0 Å². The van der Waals surface area contributed by atoms with Gasteiger partial charge in [0.15, 0.2) is 9.84 Å². The van der Waals surface area contributed by atoms with Crippen LogP contribution in [-0.2, 0) is 22.6 Å². The maximum absolute atomic E-state index is 13.6. The second kappa shape index (κ2) is 9.90. The zero-order chi connectivity index (χ0) is 24.4. The molecule has 2 aromatic rings. The number of amides is 1. The molecule has 0 unspecified atom stereocenters. The molecule has 3 rings (SSSR count). The first kappa shape index (κ1) is 25.3. The zero-order valence-corrected chi connectivity index (χ0v) is 19.8. The molecule has 0 aromatic heterocycles. The summed E-state index contributed by atoms with van der Waals surface area (Å²) >= 11 is 6.00. The van der Waals surface area contributed by atoms with Gasteiger partial charge in [0.2, 0.25) is 0 Å². The van der Waals surface area contributed by atoms with Gasteiger partial charge in [0, 0.05) is 49.0 Å². The van der Waals surface area contributed by atoms with Gasteiger partial charge >= 0.3 is 6.18 Å². The number of benzene rings is 2. The number of alkyl halides is 3. The Morgan fingerprint density at radius 1 is 1.18 bits per heavy atom. The summed E-state index contributed by atoms with van der Waals surface area (Å²) in [6.07, 6.45) is -4.62. The number of hydrogen-bond donors (Lipinski definition) is 2. The molecule has 33 heavy (non-hydrogen) atoms. The number of anilines is 1. The molecular weight excluding hydrogens is 479 g/mol. The molecule has 1 fully saturated rings. The zero-order valence-electron chi connectivity index (χ0n) is 18.2. The molecule has 0 atom stereocenters. The number of rotatable bonds is 6. The van der Waals surface area contributed by atoms with Crippen molar-refractivity contribution in [2.45, 2.75) is 31.5 Å². The normalized spacial score (nSPS) is 14.9. The van der Waals surface area contributed by atoms with E-state index in [1.165, 1.54) is 25.1 Å². The van der Waals surface area contributed by atoms with Gasteiger partial charge < -0.3 is 15.5 Å². The first-order valence-corrected chi connectivity index (χ1v) is 12.4. The third-order valence-corrected chi connectivity index (χ3v) is 7.65. The topological polar surface area (TPSA) is 78.5 Å². The average Bonchev–Trinajstić information content (AvgIpc) is 2.77. The van der Waals surface area contributed by atoms with Gasteiger partial charge in [-0.1, -0.05) is 18.5 Å². The molecule has 1 heterocycles. The summed E-state index contributed by atoms with van der Waals surface area (Å²) in [5, 5.41) is 6.00. The molecule has 6 nitrogen and oxygen atoms in total. The van der Waals surface area contributed by atoms with Crippen LogP contribution >= 0.6 is 11.6 Å². The number of piperazine rings is 1. The molecule has 1 saturated heterocycles. The van der Waals surface area contributed by atoms with Crippen LogP contribution in [0.4, 0.5) is 18.9 Å². The second-order valence-corrected chi connectivity index (χ2v) is 10.4. The Bertz CT molecular complexity index is 1150. The largest absolute Gasteiger partial charge is 0.416 e. The van der Waals surface area contributed by atoms with E-state index in [-0.39, 0.29) is 33.3 Å². The van der Waals surface area contributed by atoms with E-state index in [2.05, 4.69) is 10.6 Å². The van der Waals surface area contributed by atoms with Gasteiger partial charge in [0.25, 0.3) is 5.91 Å². The van der Waals surface area contributed by atoms with Crippen molar-refractivity contribution in [3.05, 3.63) is 57.6 Å². The second-order valence-electron chi connectivity index (χ2n) is 7.74. The lowest BCUT2D eigenvalue weighted by Gasteiger charge is -2.32. The summed E-state index contributed by atoms with van der Waals surface area (Å²) in [7, 11) is -3.58. The summed E-state index contributed by atoms with van der Waals surface area (Å²) < 4.78 is 65.5. The minimum absolute atomic E-state index is 0.0250. The highest BCUT2D eigenvalue weighted by atomic mass is 35.5. The minimum Gasteiger partial charge on any atom is -0.369 e. The molecule has 0 spiro atoms. The third-order valence-electron chi connectivity index (χ3n) is 5.59. The van der Waals surface area contributed by atoms with E-state index in [9.17, 15) is 26.4 Å². The number of hydrogen-bond acceptors (Lipinski definition) is 5. The van der Waals surface area contributed by atoms with Gasteiger partial charge in [0.1, 0.15) is 0 Å². The van der Waals surface area contributed by atoms with Crippen molar-refractivity contribution in [2.75, 3.05) is 36.8 Å². The standard InChI is InChI=1S/C22H25ClF3N3O3S/c1-3-33(31,32)20-5-4-17(23)10-15(20)13-28-21(30)18-11-16(22(24,25)26)12-19(14(18)2)29-8-6-27-7-9-29/h4-5,10-12,27H,3,6-9,13H2,1-2H3,(H,28,30). The SMILES string of the molecule is CCS(=O)(=O)c1ccc(Cl)cc1CNC(=O)c1cc(C(F)(F)F)cc(N2CCNCC2)c1C. The van der Waals surface area contributed by atoms with Gasteiger partial charge in [-0.25, -0.2) is 8.42 Å². The predicted molar refractivity (Wildman–Crippen MR) is 122 cm³/mol. The molecule has 11 heteroatoms. The molecule has 0 radical (unpaired) electrons. The van der Waals surface area contributed by atoms with E-state index in [4.69, 9.17) is 11.6 Å². The van der Waals surface area contributed by atoms with E-state index < -0.39 is 27.5 Å². The molecule has 1 amide bonds. The first-order valence-electron chi connectivity index (χ1n) is 10.4. The van der Waals surface area contributed by atoms with Crippen LogP contribution in [0.15, 0.2) is 35.2 Å². The van der Waals surface area contributed by atoms with Crippen molar-refractivity contribution in [1.82, 2.24) is 10.6 Å². The van der Waals surface area contributed by atoms with Crippen molar-refractivity contribution in [2.24, 2.45) is 0 Å². The van der Waals surface area contributed by atoms with E-state index in [0.717, 1.165) is 12.1 Å². The lowest BCUT2D eigenvalue weighted by molar-refractivity contribution is -0.137. The Kier molecular flexibility index (Phi) is 7.60. The van der Waals surface area contributed by atoms with Crippen molar-refractivity contribution < 1.29 is 26.4 Å². The molecule has 0 saturated carbocycles. The highest BCUT2D eigenvalue weighted by Crippen LogP contribution is 2.35. The van der Waals surface area contributed by atoms with Gasteiger partial charge in [0.05, 0.1) is 16.2 Å². The molecular formula is C22H25ClF3N3O3S. The first-order chi connectivity index (χ1) is 15.4. The van der Waals surface area contributed by atoms with E-state index in [1.807, 2.05) is 4.90 Å². The highest BCUT2D eigenvalue weighted by molar-refractivity contribution is 7.91. The number of carbonyl (C=O) groups excluding carboxylic acids is 1. The molecule has 0 bridgehead atoms. The fourth-order valence-electron chi connectivity index (χ4n) is 3.75. The van der Waals surface area contributed by atoms with Crippen molar-refractivity contribution in [3.8, 4) is 0 Å². The summed E-state index contributed by atoms with van der Waals surface area (Å²) in [4.78, 5) is 14.8. The van der Waals surface area contributed by atoms with Crippen molar-refractivity contribution >= 4 is 33.0 Å². The summed E-state index contributed by atoms with van der Waals surface area (Å²) in [5.74, 6) is -0.870. The summed E-state index contributed by atoms with van der Waals surface area (Å²) in [6.45, 7) is 5.19. The van der Waals surface area contributed by atoms with Gasteiger partial charge in [-0.2, -0.15) is 13.2 Å². The fraction of sp³-hybridized carbons (Fsp3) is 0.409. The summed E-state index contributed by atoms with van der Waals surface area (Å²) in [5.41, 5.74) is 0.0251. The van der Waals surface area contributed by atoms with Crippen LogP contribution in [0, 0.1) is 6.92 Å². The molecule has 2 aromatic carbocycles. The third kappa shape index (κ3) is 5.80. The molecule has 1 aliphatic heterocycles. The van der Waals surface area contributed by atoms with Gasteiger partial charge in [-0.05, 0) is 48.4 Å². The lowest BCUT2D eigenvalue weighted by atomic mass is 10.00. The van der Waals surface area contributed by atoms with Crippen LogP contribution in [0.1, 0.15) is 34.0 Å². The Labute approximate surface area is 196 Å². The lowest BCUT2D eigenvalue weighted by Crippen LogP contribution is -2.44. The molecule has 0 aliphatic carbocycles. The monoisotopic (exact) mass is 503 g/mol. The van der Waals surface area contributed by atoms with Crippen LogP contribution in [0.5, 0.6) is 0 Å². The Morgan fingerprint density at radius 3 is 2.45 bits per heavy atom. The fourth-order valence-corrected chi connectivity index (χ4v) is 5.06. The number of carbonyl (C=O) groups is 1. The predicted octanol–water partition coefficient (Wildman–Crippen LogP) is 3.80. The average molecular weight is 504 g/mol. The van der Waals surface area contributed by atoms with Crippen LogP contribution in [0.3, 0.4) is 0 Å². The van der Waals surface area contributed by atoms with Crippen LogP contribution < -0.4 is 15.5 Å². The Morgan fingerprint density at radius 2 is 1.85 bits per heavy atom. The van der Waals surface area contributed by atoms with E-state index in [1.54, 1.807) is 6.92 Å². The van der Waals surface area contributed by atoms with Crippen molar-refractivity contribution in [3.63, 3.8) is 0 Å². The molecule has 2 N–H and O–H groups in total. The van der Waals surface area contributed by atoms with Gasteiger partial charge in [-0.3, -0.25) is 4.79 Å². The maximum atomic E-state index is 13.6. The molecule has 180 valence electrons. The van der Waals surface area contributed by atoms with Crippen molar-refractivity contribution in [1.29, 1.82) is 0 Å². The quantitative estimate of drug-likeness (QED) is 0.627. The smallest absolute Gasteiger partial charge is 0.369 e. The highest BCUT2D eigenvalue weighted by Gasteiger charge is 2.33. The van der Waals surface area contributed by atoms with Crippen LogP contribution in [-0.4, -0.2) is 46.3 Å². The van der Waals surface area contributed by atoms with Gasteiger partial charge in [-0.15, -0.1) is 0 Å². The number of halogens is 4. The van der Waals surface area contributed by atoms with E-state index >= 15 is 0 Å². The minimum atomic E-state index is -4.62. The summed E-state index contributed by atoms with van der Waals surface area (Å²) in [6, 6.07) is 6.13. The maximum Gasteiger partial charge on any atom is 0.416 e. The Hall–Kier alpha value is -2.30. The number of nitrogens with zero attached hydrogens (tertiary/aromatic N) is 1. The Balaban J connectivity index is 1.95. The number of nitrogens with one attached hydrogen (secondary N) is 2. The van der Waals surface area contributed by atoms with E-state index in [0.29, 0.717) is 37.4 Å².